The molecular weight excluding hydrogens is 184 g/mol. The summed E-state index contributed by atoms with van der Waals surface area (Å²) in [5, 5.41) is 9.21. The molecule has 1 aliphatic carbocycles. The van der Waals surface area contributed by atoms with Crippen molar-refractivity contribution in [3.63, 3.8) is 0 Å². The van der Waals surface area contributed by atoms with Gasteiger partial charge in [-0.2, -0.15) is 0 Å². The van der Waals surface area contributed by atoms with Gasteiger partial charge in [-0.15, -0.1) is 0 Å². The molecule has 0 amide bonds. The Hall–Kier alpha value is -1.60. The molecule has 3 rings (SSSR count). The lowest BCUT2D eigenvalue weighted by Crippen LogP contribution is -2.03. The monoisotopic (exact) mass is 196 g/mol. The zero-order valence-electron chi connectivity index (χ0n) is 8.62. The molecule has 1 heteroatoms. The van der Waals surface area contributed by atoms with Crippen molar-refractivity contribution in [3.8, 4) is 22.3 Å². The maximum atomic E-state index is 9.21. The largest absolute Gasteiger partial charge is 0.392 e. The van der Waals surface area contributed by atoms with Crippen molar-refractivity contribution in [2.24, 2.45) is 0 Å². The van der Waals surface area contributed by atoms with E-state index in [4.69, 9.17) is 0 Å². The molecule has 0 fully saturated rings. The van der Waals surface area contributed by atoms with Crippen LogP contribution in [0.3, 0.4) is 0 Å². The predicted octanol–water partition coefficient (Wildman–Crippen LogP) is 3.13. The molecule has 74 valence electrons. The highest BCUT2D eigenvalue weighted by atomic mass is 16.3. The minimum Gasteiger partial charge on any atom is -0.392 e. The summed E-state index contributed by atoms with van der Waals surface area (Å²) in [4.78, 5) is 0. The molecule has 0 heterocycles. The molecule has 1 N–H and O–H groups in total. The zero-order valence-corrected chi connectivity index (χ0v) is 8.62. The van der Waals surface area contributed by atoms with Crippen molar-refractivity contribution in [1.29, 1.82) is 0 Å². The Balaban J connectivity index is 2.26. The minimum atomic E-state index is 0.126. The maximum absolute atomic E-state index is 9.21. The molecule has 1 nitrogen and oxygen atoms in total. The molecular formula is C14H12O. The average Bonchev–Trinajstić information content (AvgIpc) is 2.25. The molecule has 1 aliphatic rings. The first kappa shape index (κ1) is 8.69. The van der Waals surface area contributed by atoms with E-state index in [0.29, 0.717) is 0 Å². The van der Waals surface area contributed by atoms with Crippen LogP contribution in [0.2, 0.25) is 0 Å². The molecule has 0 aliphatic heterocycles. The Morgan fingerprint density at radius 2 is 1.67 bits per heavy atom. The van der Waals surface area contributed by atoms with Crippen LogP contribution in [0.1, 0.15) is 11.1 Å². The van der Waals surface area contributed by atoms with Gasteiger partial charge < -0.3 is 5.11 Å². The van der Waals surface area contributed by atoms with Crippen molar-refractivity contribution in [2.75, 3.05) is 0 Å². The number of aliphatic hydroxyl groups excluding tert-OH is 1. The van der Waals surface area contributed by atoms with Gasteiger partial charge in [-0.3, -0.25) is 0 Å². The third-order valence-electron chi connectivity index (χ3n) is 3.23. The fourth-order valence-electron chi connectivity index (χ4n) is 2.37. The van der Waals surface area contributed by atoms with Gasteiger partial charge in [0.15, 0.2) is 0 Å². The predicted molar refractivity (Wildman–Crippen MR) is 61.5 cm³/mol. The molecule has 2 aromatic carbocycles. The molecule has 15 heavy (non-hydrogen) atoms. The van der Waals surface area contributed by atoms with Gasteiger partial charge in [0.2, 0.25) is 0 Å². The first-order chi connectivity index (χ1) is 7.33. The Kier molecular flexibility index (Phi) is 1.70. The quantitative estimate of drug-likeness (QED) is 0.634. The molecule has 0 spiro atoms. The molecule has 0 aromatic heterocycles. The summed E-state index contributed by atoms with van der Waals surface area (Å²) in [6.45, 7) is 2.21. The van der Waals surface area contributed by atoms with E-state index in [1.165, 1.54) is 27.8 Å². The molecule has 0 saturated heterocycles. The van der Waals surface area contributed by atoms with Crippen LogP contribution in [-0.4, -0.2) is 5.11 Å². The zero-order chi connectivity index (χ0) is 10.4. The van der Waals surface area contributed by atoms with Gasteiger partial charge in [0.25, 0.3) is 0 Å². The second kappa shape index (κ2) is 2.94. The van der Waals surface area contributed by atoms with Crippen LogP contribution in [0.4, 0.5) is 0 Å². The molecule has 2 aromatic rings. The van der Waals surface area contributed by atoms with E-state index in [2.05, 4.69) is 37.3 Å². The summed E-state index contributed by atoms with van der Waals surface area (Å²) in [5.74, 6) is 0. The van der Waals surface area contributed by atoms with E-state index in [9.17, 15) is 5.11 Å². The van der Waals surface area contributed by atoms with Crippen molar-refractivity contribution < 1.29 is 5.11 Å². The van der Waals surface area contributed by atoms with Gasteiger partial charge in [0, 0.05) is 0 Å². The van der Waals surface area contributed by atoms with E-state index in [1.807, 2.05) is 6.07 Å². The van der Waals surface area contributed by atoms with E-state index >= 15 is 0 Å². The lowest BCUT2D eigenvalue weighted by Gasteiger charge is -2.27. The normalized spacial score (nSPS) is 11.6. The van der Waals surface area contributed by atoms with Crippen molar-refractivity contribution in [2.45, 2.75) is 13.5 Å². The van der Waals surface area contributed by atoms with E-state index in [0.717, 1.165) is 5.56 Å². The van der Waals surface area contributed by atoms with Crippen molar-refractivity contribution in [3.05, 3.63) is 47.5 Å². The van der Waals surface area contributed by atoms with E-state index < -0.39 is 0 Å². The highest BCUT2D eigenvalue weighted by molar-refractivity contribution is 6.03. The topological polar surface area (TPSA) is 20.2 Å². The van der Waals surface area contributed by atoms with Crippen LogP contribution in [0.15, 0.2) is 36.4 Å². The van der Waals surface area contributed by atoms with Gasteiger partial charge in [0.1, 0.15) is 0 Å². The van der Waals surface area contributed by atoms with Crippen LogP contribution < -0.4 is 0 Å². The Bertz CT molecular complexity index is 541. The van der Waals surface area contributed by atoms with Gasteiger partial charge in [-0.25, -0.2) is 0 Å². The fraction of sp³-hybridized carbons (Fsp3) is 0.143. The molecule has 0 saturated carbocycles. The highest BCUT2D eigenvalue weighted by Gasteiger charge is 2.24. The number of hydrogen-bond donors (Lipinski definition) is 1. The maximum Gasteiger partial charge on any atom is 0.0684 e. The van der Waals surface area contributed by atoms with Crippen LogP contribution in [0.5, 0.6) is 0 Å². The Morgan fingerprint density at radius 1 is 0.933 bits per heavy atom. The van der Waals surface area contributed by atoms with E-state index in [-0.39, 0.29) is 6.61 Å². The fourth-order valence-corrected chi connectivity index (χ4v) is 2.37. The van der Waals surface area contributed by atoms with Gasteiger partial charge in [-0.1, -0.05) is 36.4 Å². The molecule has 0 unspecified atom stereocenters. The number of benzene rings is 2. The van der Waals surface area contributed by atoms with Crippen molar-refractivity contribution in [1.82, 2.24) is 0 Å². The smallest absolute Gasteiger partial charge is 0.0684 e. The lowest BCUT2D eigenvalue weighted by molar-refractivity contribution is 0.281. The van der Waals surface area contributed by atoms with E-state index in [1.54, 1.807) is 0 Å². The highest BCUT2D eigenvalue weighted by Crippen LogP contribution is 2.49. The molecule has 0 bridgehead atoms. The summed E-state index contributed by atoms with van der Waals surface area (Å²) in [6.07, 6.45) is 0. The summed E-state index contributed by atoms with van der Waals surface area (Å²) >= 11 is 0. The summed E-state index contributed by atoms with van der Waals surface area (Å²) in [5.41, 5.74) is 7.54. The Morgan fingerprint density at radius 3 is 2.40 bits per heavy atom. The summed E-state index contributed by atoms with van der Waals surface area (Å²) in [7, 11) is 0. The summed E-state index contributed by atoms with van der Waals surface area (Å²) < 4.78 is 0. The average molecular weight is 196 g/mol. The lowest BCUT2D eigenvalue weighted by atomic mass is 9.77. The second-order valence-electron chi connectivity index (χ2n) is 3.98. The minimum absolute atomic E-state index is 0.126. The van der Waals surface area contributed by atoms with Crippen LogP contribution in [-0.2, 0) is 6.61 Å². The first-order valence-corrected chi connectivity index (χ1v) is 5.16. The first-order valence-electron chi connectivity index (χ1n) is 5.16. The van der Waals surface area contributed by atoms with Gasteiger partial charge in [-0.05, 0) is 40.3 Å². The number of aliphatic hydroxyl groups is 1. The third-order valence-corrected chi connectivity index (χ3v) is 3.23. The van der Waals surface area contributed by atoms with Crippen LogP contribution in [0.25, 0.3) is 22.3 Å². The van der Waals surface area contributed by atoms with Gasteiger partial charge >= 0.3 is 0 Å². The molecule has 0 radical (unpaired) electrons. The number of hydrogen-bond acceptors (Lipinski definition) is 1. The van der Waals surface area contributed by atoms with Crippen molar-refractivity contribution >= 4 is 0 Å². The number of rotatable bonds is 1. The Labute approximate surface area is 89.0 Å². The standard InChI is InChI=1S/C14H12O/c1-9-10(8-15)6-7-13-11-4-2-3-5-12(11)14(9)13/h2-7,15H,8H2,1H3. The molecule has 0 atom stereocenters. The van der Waals surface area contributed by atoms with Gasteiger partial charge in [0.05, 0.1) is 6.61 Å². The third kappa shape index (κ3) is 1.01. The number of fused-ring (bicyclic) bond motifs is 4. The van der Waals surface area contributed by atoms with Crippen LogP contribution >= 0.6 is 0 Å². The SMILES string of the molecule is Cc1c(CO)ccc2c1-c1ccccc1-2. The second-order valence-corrected chi connectivity index (χ2v) is 3.98. The van der Waals surface area contributed by atoms with Crippen LogP contribution in [0, 0.1) is 6.92 Å². The summed E-state index contributed by atoms with van der Waals surface area (Å²) in [6, 6.07) is 12.5.